The van der Waals surface area contributed by atoms with Crippen LogP contribution in [0.5, 0.6) is 0 Å². The number of fused-ring (bicyclic) bond motifs is 1. The third-order valence-corrected chi connectivity index (χ3v) is 7.03. The first-order valence-electron chi connectivity index (χ1n) is 11.0. The summed E-state index contributed by atoms with van der Waals surface area (Å²) in [6.07, 6.45) is 4.26. The van der Waals surface area contributed by atoms with Crippen molar-refractivity contribution < 1.29 is 19.4 Å². The molecule has 1 aliphatic carbocycles. The highest BCUT2D eigenvalue weighted by Crippen LogP contribution is 2.37. The van der Waals surface area contributed by atoms with Crippen LogP contribution in [0.15, 0.2) is 35.0 Å². The highest BCUT2D eigenvalue weighted by atomic mass is 79.9. The molecule has 4 rings (SSSR count). The monoisotopic (exact) mass is 478 g/mol. The maximum Gasteiger partial charge on any atom is 0.173 e. The number of piperazine rings is 1. The van der Waals surface area contributed by atoms with Gasteiger partial charge < -0.3 is 14.6 Å². The maximum atomic E-state index is 13.0. The Bertz CT molecular complexity index is 746. The van der Waals surface area contributed by atoms with E-state index in [1.54, 1.807) is 6.26 Å². The largest absolute Gasteiger partial charge is 0.496 e. The summed E-state index contributed by atoms with van der Waals surface area (Å²) >= 11 is 3.44. The van der Waals surface area contributed by atoms with Crippen molar-refractivity contribution in [3.8, 4) is 0 Å². The highest BCUT2D eigenvalue weighted by Gasteiger charge is 2.40. The number of carbonyl (C=O) groups excluding carboxylic acids is 1. The van der Waals surface area contributed by atoms with Crippen LogP contribution in [0.25, 0.3) is 5.57 Å². The maximum absolute atomic E-state index is 13.0. The fourth-order valence-corrected chi connectivity index (χ4v) is 4.94. The summed E-state index contributed by atoms with van der Waals surface area (Å²) in [6, 6.07) is 7.81. The normalized spacial score (nSPS) is 28.0. The molecular weight excluding hydrogens is 448 g/mol. The molecule has 0 spiro atoms. The van der Waals surface area contributed by atoms with E-state index in [9.17, 15) is 4.79 Å². The highest BCUT2D eigenvalue weighted by molar-refractivity contribution is 9.10. The molecule has 1 saturated heterocycles. The molecule has 3 aliphatic rings. The van der Waals surface area contributed by atoms with E-state index in [-0.39, 0.29) is 30.5 Å². The van der Waals surface area contributed by atoms with E-state index >= 15 is 0 Å². The second-order valence-electron chi connectivity index (χ2n) is 8.40. The minimum atomic E-state index is -0.0718. The fourth-order valence-electron chi connectivity index (χ4n) is 4.67. The molecule has 2 aliphatic heterocycles. The minimum absolute atomic E-state index is 0.0619. The Morgan fingerprint density at radius 2 is 1.77 bits per heavy atom. The number of aliphatic hydroxyl groups is 1. The van der Waals surface area contributed by atoms with Crippen LogP contribution < -0.4 is 0 Å². The first kappa shape index (κ1) is 22.0. The Balaban J connectivity index is 1.23. The molecule has 1 N–H and O–H groups in total. The van der Waals surface area contributed by atoms with Gasteiger partial charge in [0.15, 0.2) is 5.78 Å². The summed E-state index contributed by atoms with van der Waals surface area (Å²) in [5.74, 6) is 0.140. The molecule has 3 unspecified atom stereocenters. The van der Waals surface area contributed by atoms with E-state index in [0.29, 0.717) is 5.57 Å². The number of β-amino-alcohol motifs (C(OH)–C–C–N with tert-alkyl or cyclic N) is 1. The second-order valence-corrected chi connectivity index (χ2v) is 9.31. The molecular formula is C23H31BrN2O4. The standard InChI is InChI=1S/C23H31BrN2O4/c24-18-3-1-17(2-4-18)21-16-30-22-15-19(5-6-20(22)23(21)28)29-14-12-26-9-7-25(8-10-26)11-13-27/h1-4,16,19-20,22,27H,5-15H2. The van der Waals surface area contributed by atoms with E-state index in [2.05, 4.69) is 25.7 Å². The van der Waals surface area contributed by atoms with Crippen LogP contribution in [-0.2, 0) is 14.3 Å². The topological polar surface area (TPSA) is 62.2 Å². The lowest BCUT2D eigenvalue weighted by Crippen LogP contribution is -2.48. The van der Waals surface area contributed by atoms with E-state index in [1.165, 1.54) is 0 Å². The Morgan fingerprint density at radius 1 is 1.07 bits per heavy atom. The quantitative estimate of drug-likeness (QED) is 0.649. The van der Waals surface area contributed by atoms with Gasteiger partial charge in [0, 0.05) is 50.2 Å². The number of ketones is 1. The lowest BCUT2D eigenvalue weighted by Gasteiger charge is -2.38. The SMILES string of the molecule is O=C1C(c2ccc(Br)cc2)=COC2CC(OCCN3CCN(CCO)CC3)CCC12. The van der Waals surface area contributed by atoms with Crippen LogP contribution in [0.1, 0.15) is 24.8 Å². The van der Waals surface area contributed by atoms with Gasteiger partial charge in [-0.05, 0) is 30.5 Å². The molecule has 7 heteroatoms. The molecule has 2 heterocycles. The summed E-state index contributed by atoms with van der Waals surface area (Å²) in [7, 11) is 0. The van der Waals surface area contributed by atoms with Crippen LogP contribution in [0.3, 0.4) is 0 Å². The lowest BCUT2D eigenvalue weighted by molar-refractivity contribution is -0.128. The molecule has 1 aromatic rings. The number of ether oxygens (including phenoxy) is 2. The van der Waals surface area contributed by atoms with Crippen LogP contribution in [0.2, 0.25) is 0 Å². The molecule has 0 aromatic heterocycles. The Hall–Kier alpha value is -1.25. The van der Waals surface area contributed by atoms with Crippen molar-refractivity contribution in [2.24, 2.45) is 5.92 Å². The van der Waals surface area contributed by atoms with Gasteiger partial charge in [0.25, 0.3) is 0 Å². The van der Waals surface area contributed by atoms with E-state index in [1.807, 2.05) is 24.3 Å². The van der Waals surface area contributed by atoms with Crippen LogP contribution in [0.4, 0.5) is 0 Å². The van der Waals surface area contributed by atoms with Crippen molar-refractivity contribution >= 4 is 27.3 Å². The third-order valence-electron chi connectivity index (χ3n) is 6.50. The number of carbonyl (C=O) groups is 1. The van der Waals surface area contributed by atoms with Gasteiger partial charge in [-0.15, -0.1) is 0 Å². The van der Waals surface area contributed by atoms with Gasteiger partial charge in [0.2, 0.25) is 0 Å². The van der Waals surface area contributed by atoms with Gasteiger partial charge in [0.05, 0.1) is 37.1 Å². The molecule has 0 amide bonds. The average molecular weight is 479 g/mol. The van der Waals surface area contributed by atoms with E-state index in [4.69, 9.17) is 14.6 Å². The van der Waals surface area contributed by atoms with Crippen LogP contribution in [-0.4, -0.2) is 85.4 Å². The Morgan fingerprint density at radius 3 is 2.47 bits per heavy atom. The zero-order valence-corrected chi connectivity index (χ0v) is 18.9. The Labute approximate surface area is 186 Å². The molecule has 6 nitrogen and oxygen atoms in total. The van der Waals surface area contributed by atoms with Crippen molar-refractivity contribution in [3.63, 3.8) is 0 Å². The van der Waals surface area contributed by atoms with Gasteiger partial charge in [-0.3, -0.25) is 14.6 Å². The van der Waals surface area contributed by atoms with Gasteiger partial charge in [-0.25, -0.2) is 0 Å². The summed E-state index contributed by atoms with van der Waals surface area (Å²) < 4.78 is 13.2. The number of nitrogens with zero attached hydrogens (tertiary/aromatic N) is 2. The van der Waals surface area contributed by atoms with Crippen molar-refractivity contribution in [2.75, 3.05) is 52.5 Å². The summed E-state index contributed by atoms with van der Waals surface area (Å²) in [6.45, 7) is 6.73. The number of hydrogen-bond donors (Lipinski definition) is 1. The smallest absolute Gasteiger partial charge is 0.173 e. The zero-order chi connectivity index (χ0) is 20.9. The van der Waals surface area contributed by atoms with Gasteiger partial charge >= 0.3 is 0 Å². The number of Topliss-reactive ketones (excluding diaryl/α,β-unsaturated/α-hetero) is 1. The number of allylic oxidation sites excluding steroid dienone is 1. The molecule has 2 fully saturated rings. The molecule has 0 radical (unpaired) electrons. The average Bonchev–Trinajstić information content (AvgIpc) is 2.76. The summed E-state index contributed by atoms with van der Waals surface area (Å²) in [5.41, 5.74) is 1.60. The molecule has 0 bridgehead atoms. The van der Waals surface area contributed by atoms with Gasteiger partial charge in [0.1, 0.15) is 6.10 Å². The second kappa shape index (κ2) is 10.4. The lowest BCUT2D eigenvalue weighted by atomic mass is 9.78. The van der Waals surface area contributed by atoms with E-state index in [0.717, 1.165) is 75.2 Å². The van der Waals surface area contributed by atoms with Crippen molar-refractivity contribution in [1.82, 2.24) is 9.80 Å². The van der Waals surface area contributed by atoms with Crippen LogP contribution in [0, 0.1) is 5.92 Å². The number of aliphatic hydroxyl groups excluding tert-OH is 1. The van der Waals surface area contributed by atoms with Crippen molar-refractivity contribution in [3.05, 3.63) is 40.6 Å². The van der Waals surface area contributed by atoms with E-state index < -0.39 is 0 Å². The van der Waals surface area contributed by atoms with Crippen molar-refractivity contribution in [2.45, 2.75) is 31.5 Å². The molecule has 164 valence electrons. The molecule has 30 heavy (non-hydrogen) atoms. The molecule has 3 atom stereocenters. The van der Waals surface area contributed by atoms with Gasteiger partial charge in [-0.1, -0.05) is 28.1 Å². The molecule has 1 saturated carbocycles. The van der Waals surface area contributed by atoms with Gasteiger partial charge in [-0.2, -0.15) is 0 Å². The molecule has 1 aromatic carbocycles. The van der Waals surface area contributed by atoms with Crippen molar-refractivity contribution in [1.29, 1.82) is 0 Å². The third kappa shape index (κ3) is 5.32. The fraction of sp³-hybridized carbons (Fsp3) is 0.609. The van der Waals surface area contributed by atoms with Crippen LogP contribution >= 0.6 is 15.9 Å². The summed E-state index contributed by atoms with van der Waals surface area (Å²) in [4.78, 5) is 17.7. The first-order valence-corrected chi connectivity index (χ1v) is 11.8. The first-order chi connectivity index (χ1) is 14.6. The number of benzene rings is 1. The predicted molar refractivity (Wildman–Crippen MR) is 119 cm³/mol. The zero-order valence-electron chi connectivity index (χ0n) is 17.3. The number of halogens is 1. The minimum Gasteiger partial charge on any atom is -0.496 e. The Kier molecular flexibility index (Phi) is 7.59. The number of hydrogen-bond acceptors (Lipinski definition) is 6. The number of rotatable bonds is 7. The summed E-state index contributed by atoms with van der Waals surface area (Å²) in [5, 5.41) is 9.04. The predicted octanol–water partition coefficient (Wildman–Crippen LogP) is 2.55.